The molecule has 1 saturated heterocycles. The average molecular weight is 383 g/mol. The van der Waals surface area contributed by atoms with E-state index in [0.29, 0.717) is 31.0 Å². The van der Waals surface area contributed by atoms with Gasteiger partial charge in [-0.2, -0.15) is 0 Å². The number of piperidine rings is 1. The van der Waals surface area contributed by atoms with Gasteiger partial charge >= 0.3 is 12.2 Å². The van der Waals surface area contributed by atoms with Crippen LogP contribution in [0.4, 0.5) is 9.59 Å². The van der Waals surface area contributed by atoms with Crippen LogP contribution in [0.3, 0.4) is 0 Å². The SMILES string of the molecule is Cc1cc(Cl)cc(COC(=O)N2CCC(NC(=O)OC(C)(C)C)CC2)c1. The van der Waals surface area contributed by atoms with Crippen LogP contribution in [0, 0.1) is 6.92 Å². The third kappa shape index (κ3) is 6.75. The summed E-state index contributed by atoms with van der Waals surface area (Å²) in [5.74, 6) is 0. The van der Waals surface area contributed by atoms with Gasteiger partial charge in [-0.25, -0.2) is 9.59 Å². The Morgan fingerprint density at radius 3 is 2.46 bits per heavy atom. The fourth-order valence-electron chi connectivity index (χ4n) is 2.81. The summed E-state index contributed by atoms with van der Waals surface area (Å²) in [5.41, 5.74) is 1.37. The van der Waals surface area contributed by atoms with E-state index in [0.717, 1.165) is 11.1 Å². The lowest BCUT2D eigenvalue weighted by Gasteiger charge is -2.32. The second kappa shape index (κ2) is 8.62. The van der Waals surface area contributed by atoms with Crippen LogP contribution in [0.25, 0.3) is 0 Å². The van der Waals surface area contributed by atoms with Crippen molar-refractivity contribution in [2.45, 2.75) is 58.8 Å². The fraction of sp³-hybridized carbons (Fsp3) is 0.579. The van der Waals surface area contributed by atoms with Gasteiger partial charge in [-0.1, -0.05) is 17.7 Å². The van der Waals surface area contributed by atoms with E-state index in [9.17, 15) is 9.59 Å². The lowest BCUT2D eigenvalue weighted by atomic mass is 10.1. The van der Waals surface area contributed by atoms with Crippen LogP contribution in [0.1, 0.15) is 44.7 Å². The Labute approximate surface area is 159 Å². The minimum Gasteiger partial charge on any atom is -0.445 e. The normalized spacial score (nSPS) is 15.5. The number of likely N-dealkylation sites (tertiary alicyclic amines) is 1. The smallest absolute Gasteiger partial charge is 0.410 e. The summed E-state index contributed by atoms with van der Waals surface area (Å²) in [6.07, 6.45) is 0.572. The zero-order valence-corrected chi connectivity index (χ0v) is 16.6. The number of hydrogen-bond donors (Lipinski definition) is 1. The summed E-state index contributed by atoms with van der Waals surface area (Å²) >= 11 is 6.02. The highest BCUT2D eigenvalue weighted by Crippen LogP contribution is 2.17. The summed E-state index contributed by atoms with van der Waals surface area (Å²) in [7, 11) is 0. The fourth-order valence-corrected chi connectivity index (χ4v) is 3.12. The van der Waals surface area contributed by atoms with Crippen molar-refractivity contribution in [3.8, 4) is 0 Å². The first-order valence-electron chi connectivity index (χ1n) is 8.80. The summed E-state index contributed by atoms with van der Waals surface area (Å²) in [6.45, 7) is 8.68. The Hall–Kier alpha value is -1.95. The van der Waals surface area contributed by atoms with Crippen LogP contribution in [-0.2, 0) is 16.1 Å². The number of hydrogen-bond acceptors (Lipinski definition) is 4. The number of ether oxygens (including phenoxy) is 2. The summed E-state index contributed by atoms with van der Waals surface area (Å²) in [6, 6.07) is 5.59. The van der Waals surface area contributed by atoms with Gasteiger partial charge in [0.1, 0.15) is 12.2 Å². The standard InChI is InChI=1S/C19H27ClN2O4/c1-13-9-14(11-15(20)10-13)12-25-18(24)22-7-5-16(6-8-22)21-17(23)26-19(2,3)4/h9-11,16H,5-8,12H2,1-4H3,(H,21,23). The second-order valence-electron chi connectivity index (χ2n) is 7.60. The van der Waals surface area contributed by atoms with Crippen molar-refractivity contribution in [1.29, 1.82) is 0 Å². The molecule has 0 saturated carbocycles. The van der Waals surface area contributed by atoms with Crippen LogP contribution in [0.5, 0.6) is 0 Å². The van der Waals surface area contributed by atoms with Gasteiger partial charge in [0.15, 0.2) is 0 Å². The Balaban J connectivity index is 1.75. The van der Waals surface area contributed by atoms with Gasteiger partial charge in [0.2, 0.25) is 0 Å². The van der Waals surface area contributed by atoms with Crippen molar-refractivity contribution in [2.75, 3.05) is 13.1 Å². The number of benzene rings is 1. The molecule has 2 rings (SSSR count). The highest BCUT2D eigenvalue weighted by molar-refractivity contribution is 6.30. The first-order chi connectivity index (χ1) is 12.1. The number of alkyl carbamates (subject to hydrolysis) is 1. The molecule has 2 amide bonds. The molecule has 0 spiro atoms. The van der Waals surface area contributed by atoms with Crippen LogP contribution >= 0.6 is 11.6 Å². The van der Waals surface area contributed by atoms with E-state index in [1.807, 2.05) is 39.8 Å². The quantitative estimate of drug-likeness (QED) is 0.847. The van der Waals surface area contributed by atoms with Crippen molar-refractivity contribution >= 4 is 23.8 Å². The molecular formula is C19H27ClN2O4. The monoisotopic (exact) mass is 382 g/mol. The molecule has 1 fully saturated rings. The van der Waals surface area contributed by atoms with Gasteiger partial charge in [-0.3, -0.25) is 0 Å². The molecule has 0 unspecified atom stereocenters. The molecular weight excluding hydrogens is 356 g/mol. The van der Waals surface area contributed by atoms with E-state index in [-0.39, 0.29) is 18.7 Å². The minimum atomic E-state index is -0.521. The summed E-state index contributed by atoms with van der Waals surface area (Å²) < 4.78 is 10.6. The summed E-state index contributed by atoms with van der Waals surface area (Å²) in [5, 5.41) is 3.48. The first kappa shape index (κ1) is 20.4. The van der Waals surface area contributed by atoms with Gasteiger partial charge in [0, 0.05) is 24.2 Å². The zero-order chi connectivity index (χ0) is 19.3. The molecule has 26 heavy (non-hydrogen) atoms. The number of rotatable bonds is 3. The molecule has 7 heteroatoms. The predicted octanol–water partition coefficient (Wildman–Crippen LogP) is 4.27. The lowest BCUT2D eigenvalue weighted by Crippen LogP contribution is -2.47. The van der Waals surface area contributed by atoms with E-state index in [2.05, 4.69) is 5.32 Å². The molecule has 0 radical (unpaired) electrons. The van der Waals surface area contributed by atoms with E-state index in [4.69, 9.17) is 21.1 Å². The van der Waals surface area contributed by atoms with Crippen molar-refractivity contribution in [1.82, 2.24) is 10.2 Å². The average Bonchev–Trinajstić information content (AvgIpc) is 2.50. The van der Waals surface area contributed by atoms with Crippen molar-refractivity contribution in [3.05, 3.63) is 34.3 Å². The van der Waals surface area contributed by atoms with Gasteiger partial charge in [-0.05, 0) is 63.8 Å². The Kier molecular flexibility index (Phi) is 6.75. The molecule has 0 aromatic heterocycles. The Morgan fingerprint density at radius 1 is 1.23 bits per heavy atom. The third-order valence-corrected chi connectivity index (χ3v) is 4.16. The minimum absolute atomic E-state index is 0.00415. The van der Waals surface area contributed by atoms with Crippen LogP contribution in [-0.4, -0.2) is 41.8 Å². The third-order valence-electron chi connectivity index (χ3n) is 3.94. The molecule has 0 atom stereocenters. The van der Waals surface area contributed by atoms with Gasteiger partial charge < -0.3 is 19.7 Å². The molecule has 144 valence electrons. The number of halogens is 1. The maximum atomic E-state index is 12.2. The van der Waals surface area contributed by atoms with Gasteiger partial charge in [0.25, 0.3) is 0 Å². The number of amides is 2. The molecule has 1 heterocycles. The molecule has 6 nitrogen and oxygen atoms in total. The van der Waals surface area contributed by atoms with E-state index >= 15 is 0 Å². The van der Waals surface area contributed by atoms with Crippen molar-refractivity contribution in [3.63, 3.8) is 0 Å². The molecule has 0 aliphatic carbocycles. The number of nitrogens with zero attached hydrogens (tertiary/aromatic N) is 1. The maximum Gasteiger partial charge on any atom is 0.410 e. The highest BCUT2D eigenvalue weighted by atomic mass is 35.5. The molecule has 1 aromatic carbocycles. The van der Waals surface area contributed by atoms with Gasteiger partial charge in [0.05, 0.1) is 0 Å². The van der Waals surface area contributed by atoms with Crippen LogP contribution < -0.4 is 5.32 Å². The number of aryl methyl sites for hydroxylation is 1. The van der Waals surface area contributed by atoms with Crippen molar-refractivity contribution in [2.24, 2.45) is 0 Å². The van der Waals surface area contributed by atoms with Gasteiger partial charge in [-0.15, -0.1) is 0 Å². The number of carbonyl (C=O) groups excluding carboxylic acids is 2. The van der Waals surface area contributed by atoms with Crippen molar-refractivity contribution < 1.29 is 19.1 Å². The Bertz CT molecular complexity index is 629. The zero-order valence-electron chi connectivity index (χ0n) is 15.8. The van der Waals surface area contributed by atoms with E-state index < -0.39 is 11.7 Å². The summed E-state index contributed by atoms with van der Waals surface area (Å²) in [4.78, 5) is 25.7. The molecule has 1 N–H and O–H groups in total. The lowest BCUT2D eigenvalue weighted by molar-refractivity contribution is 0.0471. The molecule has 1 aliphatic heterocycles. The second-order valence-corrected chi connectivity index (χ2v) is 8.04. The number of carbonyl (C=O) groups is 2. The van der Waals surface area contributed by atoms with Crippen LogP contribution in [0.15, 0.2) is 18.2 Å². The molecule has 0 bridgehead atoms. The largest absolute Gasteiger partial charge is 0.445 e. The maximum absolute atomic E-state index is 12.2. The predicted molar refractivity (Wildman–Crippen MR) is 100 cm³/mol. The number of nitrogens with one attached hydrogen (secondary N) is 1. The molecule has 1 aliphatic rings. The van der Waals surface area contributed by atoms with E-state index in [1.54, 1.807) is 11.0 Å². The first-order valence-corrected chi connectivity index (χ1v) is 9.17. The van der Waals surface area contributed by atoms with E-state index in [1.165, 1.54) is 0 Å². The topological polar surface area (TPSA) is 67.9 Å². The highest BCUT2D eigenvalue weighted by Gasteiger charge is 2.26. The molecule has 1 aromatic rings. The van der Waals surface area contributed by atoms with Crippen LogP contribution in [0.2, 0.25) is 5.02 Å². The Morgan fingerprint density at radius 2 is 1.88 bits per heavy atom.